The van der Waals surface area contributed by atoms with E-state index < -0.39 is 33.9 Å². The smallest absolute Gasteiger partial charge is 0.308 e. The lowest BCUT2D eigenvalue weighted by Crippen LogP contribution is -2.42. The second-order valence-electron chi connectivity index (χ2n) is 6.49. The van der Waals surface area contributed by atoms with Crippen LogP contribution in [0.5, 0.6) is 0 Å². The summed E-state index contributed by atoms with van der Waals surface area (Å²) in [5, 5.41) is 11.8. The molecule has 0 aliphatic heterocycles. The highest BCUT2D eigenvalue weighted by molar-refractivity contribution is 7.88. The number of nitrogens with zero attached hydrogens (tertiary/aromatic N) is 1. The maximum atomic E-state index is 12.6. The minimum Gasteiger partial charge on any atom is -0.481 e. The van der Waals surface area contributed by atoms with Crippen LogP contribution in [0, 0.1) is 12.8 Å². The molecule has 1 saturated carbocycles. The molecule has 0 unspecified atom stereocenters. The second kappa shape index (κ2) is 7.57. The van der Waals surface area contributed by atoms with E-state index in [1.54, 1.807) is 0 Å². The van der Waals surface area contributed by atoms with Crippen molar-refractivity contribution in [3.8, 4) is 0 Å². The van der Waals surface area contributed by atoms with Gasteiger partial charge in [0.15, 0.2) is 0 Å². The molecule has 2 N–H and O–H groups in total. The predicted molar refractivity (Wildman–Crippen MR) is 89.8 cm³/mol. The zero-order valence-corrected chi connectivity index (χ0v) is 15.4. The highest BCUT2D eigenvalue weighted by atomic mass is 32.2. The summed E-state index contributed by atoms with van der Waals surface area (Å²) in [7, 11) is -1.04. The van der Waals surface area contributed by atoms with Crippen LogP contribution in [0.4, 0.5) is 0 Å². The quantitative estimate of drug-likeness (QED) is 0.758. The molecule has 0 radical (unpaired) electrons. The van der Waals surface area contributed by atoms with Crippen LogP contribution in [0.25, 0.3) is 0 Å². The number of rotatable bonds is 5. The van der Waals surface area contributed by atoms with Gasteiger partial charge in [0.05, 0.1) is 11.5 Å². The molecule has 8 nitrogen and oxygen atoms in total. The lowest BCUT2D eigenvalue weighted by atomic mass is 9.94. The van der Waals surface area contributed by atoms with E-state index in [9.17, 15) is 23.1 Å². The summed E-state index contributed by atoms with van der Waals surface area (Å²) in [6, 6.07) is 0.711. The largest absolute Gasteiger partial charge is 0.481 e. The van der Waals surface area contributed by atoms with E-state index in [0.29, 0.717) is 12.8 Å². The molecule has 25 heavy (non-hydrogen) atoms. The first-order valence-electron chi connectivity index (χ1n) is 8.21. The van der Waals surface area contributed by atoms with Gasteiger partial charge in [-0.05, 0) is 19.8 Å². The van der Waals surface area contributed by atoms with Crippen LogP contribution in [0.2, 0.25) is 0 Å². The number of carboxylic acids is 1. The lowest BCUT2D eigenvalue weighted by molar-refractivity contribution is -0.142. The fourth-order valence-corrected chi connectivity index (χ4v) is 3.87. The highest BCUT2D eigenvalue weighted by Crippen LogP contribution is 2.26. The van der Waals surface area contributed by atoms with E-state index in [1.807, 2.05) is 0 Å². The van der Waals surface area contributed by atoms with E-state index in [4.69, 9.17) is 4.42 Å². The monoisotopic (exact) mass is 372 g/mol. The Balaban J connectivity index is 2.23. The molecule has 1 amide bonds. The predicted octanol–water partition coefficient (Wildman–Crippen LogP) is 1.60. The van der Waals surface area contributed by atoms with E-state index in [0.717, 1.165) is 23.6 Å². The lowest BCUT2D eigenvalue weighted by Gasteiger charge is -2.22. The van der Waals surface area contributed by atoms with Crippen molar-refractivity contribution in [3.63, 3.8) is 0 Å². The highest BCUT2D eigenvalue weighted by Gasteiger charge is 2.32. The van der Waals surface area contributed by atoms with E-state index >= 15 is 0 Å². The minimum absolute atomic E-state index is 0.105. The molecule has 1 aromatic heterocycles. The van der Waals surface area contributed by atoms with Gasteiger partial charge in [-0.15, -0.1) is 0 Å². The average molecular weight is 372 g/mol. The number of hydrogen-bond donors (Lipinski definition) is 2. The standard InChI is InChI=1S/C16H24N2O6S/c1-10-12(9-14(24-10)25(22,23)18(2)3)15(19)17-13-8-6-4-5-7-11(13)16(20)21/h9,11,13H,4-8H2,1-3H3,(H,17,19)(H,20,21)/t11-,13+/m1/s1. The fraction of sp³-hybridized carbons (Fsp3) is 0.625. The zero-order chi connectivity index (χ0) is 18.8. The molecule has 2 atom stereocenters. The second-order valence-corrected chi connectivity index (χ2v) is 8.57. The normalized spacial score (nSPS) is 21.8. The third-order valence-electron chi connectivity index (χ3n) is 4.52. The first-order valence-corrected chi connectivity index (χ1v) is 9.65. The van der Waals surface area contributed by atoms with Gasteiger partial charge < -0.3 is 14.8 Å². The van der Waals surface area contributed by atoms with Crippen LogP contribution in [-0.4, -0.2) is 49.8 Å². The van der Waals surface area contributed by atoms with Gasteiger partial charge in [0.25, 0.3) is 15.9 Å². The number of aryl methyl sites for hydroxylation is 1. The summed E-state index contributed by atoms with van der Waals surface area (Å²) >= 11 is 0. The molecule has 1 aliphatic rings. The van der Waals surface area contributed by atoms with Crippen LogP contribution < -0.4 is 5.32 Å². The number of nitrogens with one attached hydrogen (secondary N) is 1. The molecular formula is C16H24N2O6S. The summed E-state index contributed by atoms with van der Waals surface area (Å²) in [6.07, 6.45) is 3.71. The van der Waals surface area contributed by atoms with Crippen molar-refractivity contribution >= 4 is 21.9 Å². The molecule has 2 rings (SSSR count). The number of carboxylic acid groups (broad SMARTS) is 1. The van der Waals surface area contributed by atoms with Gasteiger partial charge in [0, 0.05) is 26.2 Å². The molecule has 0 aromatic carbocycles. The van der Waals surface area contributed by atoms with Crippen molar-refractivity contribution in [2.75, 3.05) is 14.1 Å². The minimum atomic E-state index is -3.78. The Labute approximate surface area is 147 Å². The summed E-state index contributed by atoms with van der Waals surface area (Å²) in [6.45, 7) is 1.51. The zero-order valence-electron chi connectivity index (χ0n) is 14.6. The van der Waals surface area contributed by atoms with Gasteiger partial charge in [-0.1, -0.05) is 19.3 Å². The van der Waals surface area contributed by atoms with E-state index in [1.165, 1.54) is 27.1 Å². The van der Waals surface area contributed by atoms with Gasteiger partial charge in [-0.3, -0.25) is 9.59 Å². The molecule has 0 spiro atoms. The molecule has 0 saturated heterocycles. The molecule has 9 heteroatoms. The number of furan rings is 1. The average Bonchev–Trinajstić information content (AvgIpc) is 2.76. The van der Waals surface area contributed by atoms with Crippen molar-refractivity contribution in [2.45, 2.75) is 50.2 Å². The van der Waals surface area contributed by atoms with E-state index in [2.05, 4.69) is 5.32 Å². The Hall–Kier alpha value is -1.87. The molecular weight excluding hydrogens is 348 g/mol. The SMILES string of the molecule is Cc1oc(S(=O)(=O)N(C)C)cc1C(=O)N[C@H]1CCCCC[C@H]1C(=O)O. The Morgan fingerprint density at radius 2 is 1.88 bits per heavy atom. The Kier molecular flexibility index (Phi) is 5.89. The Morgan fingerprint density at radius 1 is 1.24 bits per heavy atom. The topological polar surface area (TPSA) is 117 Å². The molecule has 1 heterocycles. The van der Waals surface area contributed by atoms with Crippen molar-refractivity contribution in [1.82, 2.24) is 9.62 Å². The molecule has 1 fully saturated rings. The van der Waals surface area contributed by atoms with Gasteiger partial charge >= 0.3 is 5.97 Å². The molecule has 1 aliphatic carbocycles. The number of hydrogen-bond acceptors (Lipinski definition) is 5. The van der Waals surface area contributed by atoms with Crippen molar-refractivity contribution in [3.05, 3.63) is 17.4 Å². The first-order chi connectivity index (χ1) is 11.6. The molecule has 140 valence electrons. The van der Waals surface area contributed by atoms with Gasteiger partial charge in [-0.25, -0.2) is 12.7 Å². The summed E-state index contributed by atoms with van der Waals surface area (Å²) in [4.78, 5) is 24.0. The van der Waals surface area contributed by atoms with Gasteiger partial charge in [-0.2, -0.15) is 0 Å². The molecule has 1 aromatic rings. The third kappa shape index (κ3) is 4.21. The molecule has 0 bridgehead atoms. The van der Waals surface area contributed by atoms with Crippen molar-refractivity contribution in [2.24, 2.45) is 5.92 Å². The number of sulfonamides is 1. The maximum absolute atomic E-state index is 12.6. The number of carbonyl (C=O) groups is 2. The van der Waals surface area contributed by atoms with Gasteiger partial charge in [0.2, 0.25) is 5.09 Å². The van der Waals surface area contributed by atoms with Crippen molar-refractivity contribution in [1.29, 1.82) is 0 Å². The van der Waals surface area contributed by atoms with Crippen LogP contribution in [0.15, 0.2) is 15.6 Å². The van der Waals surface area contributed by atoms with Crippen LogP contribution in [-0.2, 0) is 14.8 Å². The Morgan fingerprint density at radius 3 is 2.48 bits per heavy atom. The number of carbonyl (C=O) groups excluding carboxylic acids is 1. The number of aliphatic carboxylic acids is 1. The summed E-state index contributed by atoms with van der Waals surface area (Å²) < 4.78 is 30.5. The third-order valence-corrected chi connectivity index (χ3v) is 6.20. The fourth-order valence-electron chi connectivity index (χ4n) is 3.01. The van der Waals surface area contributed by atoms with Gasteiger partial charge in [0.1, 0.15) is 5.76 Å². The summed E-state index contributed by atoms with van der Waals surface area (Å²) in [5.74, 6) is -1.89. The van der Waals surface area contributed by atoms with Crippen LogP contribution in [0.1, 0.15) is 48.2 Å². The maximum Gasteiger partial charge on any atom is 0.308 e. The summed E-state index contributed by atoms with van der Waals surface area (Å²) in [5.41, 5.74) is 0.105. The number of amides is 1. The van der Waals surface area contributed by atoms with E-state index in [-0.39, 0.29) is 16.4 Å². The van der Waals surface area contributed by atoms with Crippen molar-refractivity contribution < 1.29 is 27.5 Å². The Bertz CT molecular complexity index is 753. The van der Waals surface area contributed by atoms with Crippen LogP contribution >= 0.6 is 0 Å². The first kappa shape index (κ1) is 19.5. The van der Waals surface area contributed by atoms with Crippen LogP contribution in [0.3, 0.4) is 0 Å².